The SMILES string of the molecule is O=C(CCn1nc(C(F)(F)F)c(Br)c1C1CC1)Nc1ccc(Br)c2cccnc12. The second kappa shape index (κ2) is 7.71. The van der Waals surface area contributed by atoms with Gasteiger partial charge in [-0.2, -0.15) is 18.3 Å². The van der Waals surface area contributed by atoms with Crippen molar-refractivity contribution in [3.8, 4) is 0 Å². The van der Waals surface area contributed by atoms with Crippen LogP contribution in [0.25, 0.3) is 10.9 Å². The Bertz CT molecular complexity index is 1090. The van der Waals surface area contributed by atoms with Gasteiger partial charge in [0.2, 0.25) is 5.91 Å². The van der Waals surface area contributed by atoms with Crippen molar-refractivity contribution in [2.75, 3.05) is 5.32 Å². The highest BCUT2D eigenvalue weighted by Crippen LogP contribution is 2.47. The van der Waals surface area contributed by atoms with Gasteiger partial charge in [-0.05, 0) is 47.0 Å². The second-order valence-corrected chi connectivity index (χ2v) is 8.48. The maximum absolute atomic E-state index is 13.2. The second-order valence-electron chi connectivity index (χ2n) is 6.84. The Balaban J connectivity index is 1.52. The molecular formula is C19H15Br2F3N4O. The molecule has 0 saturated heterocycles. The number of aromatic nitrogens is 3. The fourth-order valence-corrected chi connectivity index (χ4v) is 4.49. The maximum atomic E-state index is 13.2. The fraction of sp³-hybridized carbons (Fsp3) is 0.316. The Morgan fingerprint density at radius 1 is 1.24 bits per heavy atom. The number of fused-ring (bicyclic) bond motifs is 1. The van der Waals surface area contributed by atoms with Crippen LogP contribution in [0.15, 0.2) is 39.4 Å². The number of rotatable bonds is 5. The Labute approximate surface area is 180 Å². The molecule has 152 valence electrons. The molecule has 1 aliphatic carbocycles. The number of hydrogen-bond acceptors (Lipinski definition) is 3. The number of carbonyl (C=O) groups is 1. The van der Waals surface area contributed by atoms with Crippen molar-refractivity contribution in [2.24, 2.45) is 0 Å². The Hall–Kier alpha value is -1.94. The Kier molecular flexibility index (Phi) is 5.41. The lowest BCUT2D eigenvalue weighted by molar-refractivity contribution is -0.142. The largest absolute Gasteiger partial charge is 0.436 e. The normalized spacial score (nSPS) is 14.4. The number of carbonyl (C=O) groups excluding carboxylic acids is 1. The molecule has 1 saturated carbocycles. The van der Waals surface area contributed by atoms with Gasteiger partial charge in [-0.25, -0.2) is 0 Å². The highest BCUT2D eigenvalue weighted by atomic mass is 79.9. The van der Waals surface area contributed by atoms with Crippen LogP contribution in [0.4, 0.5) is 18.9 Å². The van der Waals surface area contributed by atoms with E-state index in [2.05, 4.69) is 47.3 Å². The van der Waals surface area contributed by atoms with E-state index in [1.807, 2.05) is 12.1 Å². The molecule has 0 aliphatic heterocycles. The van der Waals surface area contributed by atoms with Crippen molar-refractivity contribution in [2.45, 2.75) is 37.9 Å². The van der Waals surface area contributed by atoms with E-state index in [0.717, 1.165) is 22.7 Å². The first-order valence-electron chi connectivity index (χ1n) is 8.92. The van der Waals surface area contributed by atoms with E-state index in [9.17, 15) is 18.0 Å². The van der Waals surface area contributed by atoms with Crippen molar-refractivity contribution in [3.05, 3.63) is 50.8 Å². The molecule has 1 amide bonds. The summed E-state index contributed by atoms with van der Waals surface area (Å²) < 4.78 is 41.7. The van der Waals surface area contributed by atoms with E-state index < -0.39 is 11.9 Å². The lowest BCUT2D eigenvalue weighted by Crippen LogP contribution is -2.17. The number of aryl methyl sites for hydroxylation is 1. The van der Waals surface area contributed by atoms with E-state index in [-0.39, 0.29) is 29.3 Å². The molecule has 4 rings (SSSR count). The van der Waals surface area contributed by atoms with Gasteiger partial charge in [-0.15, -0.1) is 0 Å². The minimum Gasteiger partial charge on any atom is -0.324 e. The average Bonchev–Trinajstić information content (AvgIpc) is 3.44. The molecule has 0 radical (unpaired) electrons. The molecule has 2 aromatic heterocycles. The zero-order chi connectivity index (χ0) is 20.8. The molecule has 10 heteroatoms. The van der Waals surface area contributed by atoms with Gasteiger partial charge >= 0.3 is 6.18 Å². The molecule has 0 spiro atoms. The highest BCUT2D eigenvalue weighted by Gasteiger charge is 2.41. The van der Waals surface area contributed by atoms with Gasteiger partial charge in [0, 0.05) is 28.4 Å². The minimum absolute atomic E-state index is 0.00444. The van der Waals surface area contributed by atoms with Crippen LogP contribution < -0.4 is 5.32 Å². The van der Waals surface area contributed by atoms with E-state index in [4.69, 9.17) is 0 Å². The maximum Gasteiger partial charge on any atom is 0.436 e. The molecule has 1 aromatic carbocycles. The van der Waals surface area contributed by atoms with Crippen LogP contribution >= 0.6 is 31.9 Å². The number of amides is 1. The number of hydrogen-bond donors (Lipinski definition) is 1. The van der Waals surface area contributed by atoms with Gasteiger partial charge in [-0.1, -0.05) is 22.0 Å². The monoisotopic (exact) mass is 530 g/mol. The fourth-order valence-electron chi connectivity index (χ4n) is 3.21. The van der Waals surface area contributed by atoms with E-state index in [1.54, 1.807) is 18.3 Å². The molecule has 1 aliphatic rings. The van der Waals surface area contributed by atoms with Crippen LogP contribution in [-0.2, 0) is 17.5 Å². The summed E-state index contributed by atoms with van der Waals surface area (Å²) in [5.74, 6) is -0.267. The summed E-state index contributed by atoms with van der Waals surface area (Å²) in [6, 6.07) is 7.22. The van der Waals surface area contributed by atoms with Crippen LogP contribution in [0.1, 0.15) is 36.6 Å². The van der Waals surface area contributed by atoms with Crippen molar-refractivity contribution in [3.63, 3.8) is 0 Å². The summed E-state index contributed by atoms with van der Waals surface area (Å²) in [4.78, 5) is 16.8. The zero-order valence-electron chi connectivity index (χ0n) is 14.9. The predicted molar refractivity (Wildman–Crippen MR) is 110 cm³/mol. The topological polar surface area (TPSA) is 59.8 Å². The quantitative estimate of drug-likeness (QED) is 0.447. The van der Waals surface area contributed by atoms with Gasteiger partial charge in [0.05, 0.1) is 27.9 Å². The lowest BCUT2D eigenvalue weighted by atomic mass is 10.2. The van der Waals surface area contributed by atoms with Gasteiger partial charge in [0.1, 0.15) is 0 Å². The number of halogens is 5. The number of nitrogens with zero attached hydrogens (tertiary/aromatic N) is 3. The summed E-state index contributed by atoms with van der Waals surface area (Å²) in [7, 11) is 0. The van der Waals surface area contributed by atoms with E-state index >= 15 is 0 Å². The first-order valence-corrected chi connectivity index (χ1v) is 10.5. The smallest absolute Gasteiger partial charge is 0.324 e. The molecule has 3 aromatic rings. The number of pyridine rings is 1. The molecular weight excluding hydrogens is 517 g/mol. The van der Waals surface area contributed by atoms with Gasteiger partial charge in [-0.3, -0.25) is 14.5 Å². The molecule has 1 fully saturated rings. The molecule has 5 nitrogen and oxygen atoms in total. The molecule has 0 unspecified atom stereocenters. The summed E-state index contributed by atoms with van der Waals surface area (Å²) >= 11 is 6.51. The van der Waals surface area contributed by atoms with Gasteiger partial charge in [0.25, 0.3) is 0 Å². The first kappa shape index (κ1) is 20.3. The van der Waals surface area contributed by atoms with Crippen molar-refractivity contribution >= 4 is 54.4 Å². The third-order valence-electron chi connectivity index (χ3n) is 4.71. The van der Waals surface area contributed by atoms with Crippen LogP contribution in [0.3, 0.4) is 0 Å². The predicted octanol–water partition coefficient (Wildman–Crippen LogP) is 5.88. The van der Waals surface area contributed by atoms with Gasteiger partial charge < -0.3 is 5.32 Å². The number of nitrogens with one attached hydrogen (secondary N) is 1. The minimum atomic E-state index is -4.54. The summed E-state index contributed by atoms with van der Waals surface area (Å²) in [6.07, 6.45) is -1.27. The van der Waals surface area contributed by atoms with E-state index in [1.165, 1.54) is 4.68 Å². The van der Waals surface area contributed by atoms with Crippen LogP contribution in [0.5, 0.6) is 0 Å². The lowest BCUT2D eigenvalue weighted by Gasteiger charge is -2.10. The molecule has 0 atom stereocenters. The van der Waals surface area contributed by atoms with Crippen LogP contribution in [0, 0.1) is 0 Å². The summed E-state index contributed by atoms with van der Waals surface area (Å²) in [6.45, 7) is 0.0637. The Morgan fingerprint density at radius 3 is 2.69 bits per heavy atom. The Morgan fingerprint density at radius 2 is 2.00 bits per heavy atom. The summed E-state index contributed by atoms with van der Waals surface area (Å²) in [5.41, 5.74) is 0.757. The number of anilines is 1. The number of benzene rings is 1. The molecule has 2 heterocycles. The van der Waals surface area contributed by atoms with Crippen molar-refractivity contribution < 1.29 is 18.0 Å². The average molecular weight is 532 g/mol. The van der Waals surface area contributed by atoms with E-state index in [0.29, 0.717) is 16.9 Å². The van der Waals surface area contributed by atoms with Crippen molar-refractivity contribution in [1.82, 2.24) is 14.8 Å². The summed E-state index contributed by atoms with van der Waals surface area (Å²) in [5, 5.41) is 7.38. The number of alkyl halides is 3. The van der Waals surface area contributed by atoms with Crippen molar-refractivity contribution in [1.29, 1.82) is 0 Å². The first-order chi connectivity index (χ1) is 13.8. The van der Waals surface area contributed by atoms with Crippen LogP contribution in [-0.4, -0.2) is 20.7 Å². The third kappa shape index (κ3) is 4.18. The molecule has 29 heavy (non-hydrogen) atoms. The molecule has 0 bridgehead atoms. The van der Waals surface area contributed by atoms with Crippen LogP contribution in [0.2, 0.25) is 0 Å². The zero-order valence-corrected chi connectivity index (χ0v) is 18.1. The standard InChI is InChI=1S/C19H15Br2F3N4O/c20-12-5-6-13(16-11(12)2-1-8-25-16)26-14(29)7-9-28-17(10-3-4-10)15(21)18(27-28)19(22,23)24/h1-2,5-6,8,10H,3-4,7,9H2,(H,26,29). The third-order valence-corrected chi connectivity index (χ3v) is 6.18. The molecule has 1 N–H and O–H groups in total. The van der Waals surface area contributed by atoms with Gasteiger partial charge in [0.15, 0.2) is 5.69 Å². The highest BCUT2D eigenvalue weighted by molar-refractivity contribution is 9.11.